The van der Waals surface area contributed by atoms with Crippen molar-refractivity contribution in [2.45, 2.75) is 0 Å². The van der Waals surface area contributed by atoms with E-state index in [1.807, 2.05) is 5.38 Å². The van der Waals surface area contributed by atoms with E-state index >= 15 is 0 Å². The van der Waals surface area contributed by atoms with Crippen LogP contribution >= 0.6 is 27.3 Å². The zero-order valence-corrected chi connectivity index (χ0v) is 11.2. The van der Waals surface area contributed by atoms with Crippen LogP contribution in [0.1, 0.15) is 0 Å². The van der Waals surface area contributed by atoms with Crippen LogP contribution in [0.2, 0.25) is 0 Å². The minimum atomic E-state index is -0.194. The van der Waals surface area contributed by atoms with Crippen LogP contribution in [0.5, 0.6) is 5.75 Å². The molecule has 0 spiro atoms. The van der Waals surface area contributed by atoms with Crippen molar-refractivity contribution in [3.63, 3.8) is 0 Å². The van der Waals surface area contributed by atoms with Crippen molar-refractivity contribution < 1.29 is 5.11 Å². The molecule has 90 valence electrons. The SMILES string of the molecule is O=c1[nH]c(-c2ccc(O)cn2)nc2c(Br)csc12. The lowest BCUT2D eigenvalue weighted by Crippen LogP contribution is -2.08. The van der Waals surface area contributed by atoms with Gasteiger partial charge < -0.3 is 10.1 Å². The molecule has 3 rings (SSSR count). The topological polar surface area (TPSA) is 78.9 Å². The fourth-order valence-corrected chi connectivity index (χ4v) is 3.00. The van der Waals surface area contributed by atoms with Gasteiger partial charge in [0.15, 0.2) is 5.82 Å². The monoisotopic (exact) mass is 323 g/mol. The maximum atomic E-state index is 11.9. The van der Waals surface area contributed by atoms with Crippen molar-refractivity contribution in [1.82, 2.24) is 15.0 Å². The van der Waals surface area contributed by atoms with Gasteiger partial charge in [-0.2, -0.15) is 0 Å². The van der Waals surface area contributed by atoms with Gasteiger partial charge in [-0.15, -0.1) is 11.3 Å². The highest BCUT2D eigenvalue weighted by Gasteiger charge is 2.11. The molecule has 0 saturated heterocycles. The van der Waals surface area contributed by atoms with E-state index < -0.39 is 0 Å². The highest BCUT2D eigenvalue weighted by Crippen LogP contribution is 2.27. The number of hydrogen-bond donors (Lipinski definition) is 2. The average Bonchev–Trinajstić information content (AvgIpc) is 2.73. The van der Waals surface area contributed by atoms with Gasteiger partial charge in [-0.3, -0.25) is 4.79 Å². The molecule has 0 bridgehead atoms. The molecule has 3 aromatic rings. The number of aromatic amines is 1. The number of fused-ring (bicyclic) bond motifs is 1. The van der Waals surface area contributed by atoms with Crippen LogP contribution in [0.3, 0.4) is 0 Å². The van der Waals surface area contributed by atoms with E-state index in [-0.39, 0.29) is 11.3 Å². The number of aromatic nitrogens is 3. The van der Waals surface area contributed by atoms with Crippen molar-refractivity contribution >= 4 is 37.5 Å². The number of nitrogens with one attached hydrogen (secondary N) is 1. The summed E-state index contributed by atoms with van der Waals surface area (Å²) < 4.78 is 1.36. The molecule has 0 aliphatic carbocycles. The quantitative estimate of drug-likeness (QED) is 0.721. The highest BCUT2D eigenvalue weighted by molar-refractivity contribution is 9.10. The molecule has 0 aromatic carbocycles. The molecule has 0 aliphatic heterocycles. The Balaban J connectivity index is 2.26. The smallest absolute Gasteiger partial charge is 0.269 e. The number of aromatic hydroxyl groups is 1. The van der Waals surface area contributed by atoms with Crippen LogP contribution in [0.15, 0.2) is 33.0 Å². The summed E-state index contributed by atoms with van der Waals surface area (Å²) in [6.07, 6.45) is 1.31. The van der Waals surface area contributed by atoms with Gasteiger partial charge in [-0.05, 0) is 28.1 Å². The van der Waals surface area contributed by atoms with Crippen LogP contribution in [-0.4, -0.2) is 20.1 Å². The molecule has 2 N–H and O–H groups in total. The van der Waals surface area contributed by atoms with E-state index in [0.29, 0.717) is 21.7 Å². The second-order valence-corrected chi connectivity index (χ2v) is 5.31. The Morgan fingerprint density at radius 1 is 1.39 bits per heavy atom. The molecule has 0 aliphatic rings. The fraction of sp³-hybridized carbons (Fsp3) is 0. The predicted molar refractivity (Wildman–Crippen MR) is 72.8 cm³/mol. The van der Waals surface area contributed by atoms with Crippen molar-refractivity contribution in [2.24, 2.45) is 0 Å². The average molecular weight is 324 g/mol. The molecular weight excluding hydrogens is 318 g/mol. The maximum absolute atomic E-state index is 11.9. The van der Waals surface area contributed by atoms with Crippen LogP contribution in [0.25, 0.3) is 21.7 Å². The first-order valence-corrected chi connectivity index (χ1v) is 6.65. The molecule has 0 amide bonds. The van der Waals surface area contributed by atoms with Gasteiger partial charge in [0.1, 0.15) is 21.7 Å². The van der Waals surface area contributed by atoms with Crippen molar-refractivity contribution in [3.05, 3.63) is 38.5 Å². The maximum Gasteiger partial charge on any atom is 0.269 e. The third kappa shape index (κ3) is 1.81. The molecule has 0 atom stereocenters. The number of hydrogen-bond acceptors (Lipinski definition) is 5. The summed E-state index contributed by atoms with van der Waals surface area (Å²) in [7, 11) is 0. The van der Waals surface area contributed by atoms with E-state index in [0.717, 1.165) is 4.47 Å². The Kier molecular flexibility index (Phi) is 2.64. The summed E-state index contributed by atoms with van der Waals surface area (Å²) >= 11 is 4.69. The first-order chi connectivity index (χ1) is 8.65. The standard InChI is InChI=1S/C11H6BrN3O2S/c12-6-4-18-9-8(6)14-10(15-11(9)17)7-2-1-5(16)3-13-7/h1-4,16H,(H,14,15,17). The Morgan fingerprint density at radius 3 is 2.94 bits per heavy atom. The molecule has 18 heavy (non-hydrogen) atoms. The summed E-state index contributed by atoms with van der Waals surface area (Å²) in [5.74, 6) is 0.450. The summed E-state index contributed by atoms with van der Waals surface area (Å²) in [6, 6.07) is 3.09. The minimum Gasteiger partial charge on any atom is -0.506 e. The number of rotatable bonds is 1. The largest absolute Gasteiger partial charge is 0.506 e. The zero-order valence-electron chi connectivity index (χ0n) is 8.85. The lowest BCUT2D eigenvalue weighted by Gasteiger charge is -2.00. The normalized spacial score (nSPS) is 10.9. The van der Waals surface area contributed by atoms with E-state index in [2.05, 4.69) is 30.9 Å². The van der Waals surface area contributed by atoms with Crippen molar-refractivity contribution in [2.75, 3.05) is 0 Å². The number of nitrogens with zero attached hydrogens (tertiary/aromatic N) is 2. The molecule has 3 aromatic heterocycles. The number of pyridine rings is 1. The third-order valence-corrected chi connectivity index (χ3v) is 4.25. The van der Waals surface area contributed by atoms with Crippen LogP contribution < -0.4 is 5.56 Å². The van der Waals surface area contributed by atoms with Crippen molar-refractivity contribution in [1.29, 1.82) is 0 Å². The molecular formula is C11H6BrN3O2S. The van der Waals surface area contributed by atoms with E-state index in [4.69, 9.17) is 0 Å². The van der Waals surface area contributed by atoms with E-state index in [1.165, 1.54) is 23.6 Å². The number of halogens is 1. The summed E-state index contributed by atoms with van der Waals surface area (Å²) in [6.45, 7) is 0. The molecule has 0 radical (unpaired) electrons. The first-order valence-electron chi connectivity index (χ1n) is 4.97. The Bertz CT molecular complexity index is 779. The first kappa shape index (κ1) is 11.4. The number of H-pyrrole nitrogens is 1. The van der Waals surface area contributed by atoms with Crippen LogP contribution in [-0.2, 0) is 0 Å². The predicted octanol–water partition coefficient (Wildman–Crippen LogP) is 2.51. The lowest BCUT2D eigenvalue weighted by atomic mass is 10.3. The zero-order chi connectivity index (χ0) is 12.7. The van der Waals surface area contributed by atoms with Crippen LogP contribution in [0, 0.1) is 0 Å². The third-order valence-electron chi connectivity index (χ3n) is 2.37. The summed E-state index contributed by atoms with van der Waals surface area (Å²) in [5, 5.41) is 11.0. The van der Waals surface area contributed by atoms with Gasteiger partial charge in [0.2, 0.25) is 0 Å². The summed E-state index contributed by atoms with van der Waals surface area (Å²) in [5.41, 5.74) is 0.930. The Labute approximate surface area is 113 Å². The van der Waals surface area contributed by atoms with Gasteiger partial charge in [0, 0.05) is 5.38 Å². The molecule has 5 nitrogen and oxygen atoms in total. The molecule has 3 heterocycles. The van der Waals surface area contributed by atoms with E-state index in [1.54, 1.807) is 6.07 Å². The van der Waals surface area contributed by atoms with Gasteiger partial charge >= 0.3 is 0 Å². The summed E-state index contributed by atoms with van der Waals surface area (Å²) in [4.78, 5) is 22.9. The van der Waals surface area contributed by atoms with E-state index in [9.17, 15) is 9.90 Å². The second kappa shape index (κ2) is 4.18. The minimum absolute atomic E-state index is 0.0684. The van der Waals surface area contributed by atoms with Crippen LogP contribution in [0.4, 0.5) is 0 Å². The van der Waals surface area contributed by atoms with Gasteiger partial charge in [-0.1, -0.05) is 0 Å². The second-order valence-electron chi connectivity index (χ2n) is 3.58. The van der Waals surface area contributed by atoms with Gasteiger partial charge in [0.05, 0.1) is 10.7 Å². The molecule has 0 saturated carbocycles. The Morgan fingerprint density at radius 2 is 2.22 bits per heavy atom. The van der Waals surface area contributed by atoms with Crippen molar-refractivity contribution in [3.8, 4) is 17.3 Å². The van der Waals surface area contributed by atoms with Gasteiger partial charge in [0.25, 0.3) is 5.56 Å². The molecule has 0 unspecified atom stereocenters. The molecule has 0 fully saturated rings. The Hall–Kier alpha value is -1.73. The number of thiophene rings is 1. The molecule has 7 heteroatoms. The van der Waals surface area contributed by atoms with Gasteiger partial charge in [-0.25, -0.2) is 9.97 Å². The fourth-order valence-electron chi connectivity index (χ4n) is 1.55. The highest BCUT2D eigenvalue weighted by atomic mass is 79.9. The lowest BCUT2D eigenvalue weighted by molar-refractivity contribution is 0.473.